The molecule has 0 radical (unpaired) electrons. The first-order valence-electron chi connectivity index (χ1n) is 6.01. The lowest BCUT2D eigenvalue weighted by Crippen LogP contribution is -2.30. The fourth-order valence-electron chi connectivity index (χ4n) is 1.59. The molecule has 0 aromatic heterocycles. The molecule has 0 aliphatic carbocycles. The zero-order valence-corrected chi connectivity index (χ0v) is 10.9. The van der Waals surface area contributed by atoms with Gasteiger partial charge in [0.25, 0.3) is 23.6 Å². The summed E-state index contributed by atoms with van der Waals surface area (Å²) < 4.78 is 0. The average molecular weight is 282 g/mol. The molecule has 0 saturated carbocycles. The van der Waals surface area contributed by atoms with Crippen molar-refractivity contribution in [2.45, 2.75) is 26.2 Å². The van der Waals surface area contributed by atoms with Gasteiger partial charge in [0, 0.05) is 31.5 Å². The minimum Gasteiger partial charge on any atom is -0.334 e. The molecular weight excluding hydrogens is 268 g/mol. The van der Waals surface area contributed by atoms with Crippen LogP contribution in [0.15, 0.2) is 12.2 Å². The van der Waals surface area contributed by atoms with Crippen LogP contribution in [0.4, 0.5) is 0 Å². The maximum absolute atomic E-state index is 10.8. The van der Waals surface area contributed by atoms with Crippen molar-refractivity contribution in [2.75, 3.05) is 6.54 Å². The molecule has 4 amide bonds. The molecular formula is C12H14N2O6. The van der Waals surface area contributed by atoms with Crippen LogP contribution in [0.25, 0.3) is 0 Å². The molecule has 2 heterocycles. The van der Waals surface area contributed by atoms with Crippen LogP contribution in [-0.4, -0.2) is 46.6 Å². The summed E-state index contributed by atoms with van der Waals surface area (Å²) in [5, 5.41) is 0.479. The van der Waals surface area contributed by atoms with Crippen LogP contribution in [0.1, 0.15) is 26.2 Å². The molecule has 0 spiro atoms. The molecule has 2 rings (SSSR count). The van der Waals surface area contributed by atoms with E-state index in [1.807, 2.05) is 6.92 Å². The number of imide groups is 2. The van der Waals surface area contributed by atoms with Gasteiger partial charge in [-0.1, -0.05) is 6.92 Å². The predicted molar refractivity (Wildman–Crippen MR) is 64.4 cm³/mol. The van der Waals surface area contributed by atoms with E-state index in [1.165, 1.54) is 17.1 Å². The Kier molecular flexibility index (Phi) is 5.57. The van der Waals surface area contributed by atoms with Gasteiger partial charge in [-0.05, 0) is 6.42 Å². The molecule has 0 N–H and O–H groups in total. The summed E-state index contributed by atoms with van der Waals surface area (Å²) in [5.41, 5.74) is 0. The van der Waals surface area contributed by atoms with Gasteiger partial charge in [-0.15, -0.1) is 5.06 Å². The summed E-state index contributed by atoms with van der Waals surface area (Å²) in [6, 6.07) is 0. The maximum atomic E-state index is 10.8. The van der Waals surface area contributed by atoms with E-state index in [0.29, 0.717) is 11.6 Å². The first-order valence-corrected chi connectivity index (χ1v) is 6.01. The Balaban J connectivity index is 0.000000200. The summed E-state index contributed by atoms with van der Waals surface area (Å²) in [5.74, 6) is -1.30. The van der Waals surface area contributed by atoms with Crippen molar-refractivity contribution in [3.63, 3.8) is 0 Å². The lowest BCUT2D eigenvalue weighted by molar-refractivity contribution is -0.188. The number of carbonyl (C=O) groups excluding carboxylic acids is 5. The quantitative estimate of drug-likeness (QED) is 0.511. The lowest BCUT2D eigenvalue weighted by Gasteiger charge is -2.10. The molecule has 1 saturated heterocycles. The molecule has 20 heavy (non-hydrogen) atoms. The minimum atomic E-state index is -0.461. The van der Waals surface area contributed by atoms with Crippen molar-refractivity contribution >= 4 is 30.1 Å². The SMILES string of the molecule is CCCN1C(=O)C=CC1=O.O=CON1C(=O)CCC1=O. The predicted octanol–water partition coefficient (Wildman–Crippen LogP) is -0.455. The Morgan fingerprint density at radius 3 is 2.00 bits per heavy atom. The van der Waals surface area contributed by atoms with E-state index in [1.54, 1.807) is 0 Å². The van der Waals surface area contributed by atoms with E-state index < -0.39 is 11.8 Å². The second-order valence-electron chi connectivity index (χ2n) is 3.94. The van der Waals surface area contributed by atoms with E-state index in [2.05, 4.69) is 4.84 Å². The summed E-state index contributed by atoms with van der Waals surface area (Å²) in [7, 11) is 0. The molecule has 0 unspecified atom stereocenters. The second-order valence-corrected chi connectivity index (χ2v) is 3.94. The highest BCUT2D eigenvalue weighted by Crippen LogP contribution is 2.10. The fraction of sp³-hybridized carbons (Fsp3) is 0.417. The van der Waals surface area contributed by atoms with Crippen molar-refractivity contribution in [2.24, 2.45) is 0 Å². The first kappa shape index (κ1) is 15.5. The minimum absolute atomic E-state index is 0.0567. The molecule has 0 atom stereocenters. The van der Waals surface area contributed by atoms with Crippen molar-refractivity contribution in [3.05, 3.63) is 12.2 Å². The number of hydrogen-bond acceptors (Lipinski definition) is 6. The Morgan fingerprint density at radius 2 is 1.60 bits per heavy atom. The van der Waals surface area contributed by atoms with Gasteiger partial charge in [0.1, 0.15) is 0 Å². The summed E-state index contributed by atoms with van der Waals surface area (Å²) in [6.07, 6.45) is 3.69. The Bertz CT molecular complexity index is 437. The molecule has 2 aliphatic rings. The zero-order valence-electron chi connectivity index (χ0n) is 10.9. The Hall–Kier alpha value is -2.51. The maximum Gasteiger partial charge on any atom is 0.321 e. The van der Waals surface area contributed by atoms with E-state index in [9.17, 15) is 24.0 Å². The molecule has 0 aromatic carbocycles. The van der Waals surface area contributed by atoms with Crippen LogP contribution in [0.2, 0.25) is 0 Å². The number of rotatable bonds is 4. The summed E-state index contributed by atoms with van der Waals surface area (Å²) in [4.78, 5) is 57.8. The normalized spacial score (nSPS) is 17.4. The molecule has 108 valence electrons. The molecule has 0 bridgehead atoms. The number of carbonyl (C=O) groups is 5. The van der Waals surface area contributed by atoms with Crippen molar-refractivity contribution < 1.29 is 28.8 Å². The van der Waals surface area contributed by atoms with Gasteiger partial charge in [0.2, 0.25) is 0 Å². The highest BCUT2D eigenvalue weighted by atomic mass is 16.7. The van der Waals surface area contributed by atoms with Gasteiger partial charge < -0.3 is 4.84 Å². The van der Waals surface area contributed by atoms with Crippen molar-refractivity contribution in [1.82, 2.24) is 9.96 Å². The smallest absolute Gasteiger partial charge is 0.321 e. The lowest BCUT2D eigenvalue weighted by atomic mass is 10.4. The third-order valence-corrected chi connectivity index (χ3v) is 2.50. The fourth-order valence-corrected chi connectivity index (χ4v) is 1.59. The number of hydroxylamine groups is 2. The Labute approximate surface area is 114 Å². The molecule has 0 aromatic rings. The Morgan fingerprint density at radius 1 is 1.10 bits per heavy atom. The van der Waals surface area contributed by atoms with Gasteiger partial charge >= 0.3 is 6.47 Å². The highest BCUT2D eigenvalue weighted by Gasteiger charge is 2.30. The van der Waals surface area contributed by atoms with Crippen LogP contribution >= 0.6 is 0 Å². The topological polar surface area (TPSA) is 101 Å². The van der Waals surface area contributed by atoms with Gasteiger partial charge in [-0.3, -0.25) is 28.9 Å². The third kappa shape index (κ3) is 3.74. The summed E-state index contributed by atoms with van der Waals surface area (Å²) >= 11 is 0. The van der Waals surface area contributed by atoms with E-state index in [0.717, 1.165) is 6.42 Å². The van der Waals surface area contributed by atoms with Gasteiger partial charge in [-0.25, -0.2) is 0 Å². The average Bonchev–Trinajstić information content (AvgIpc) is 2.90. The van der Waals surface area contributed by atoms with Gasteiger partial charge in [0.15, 0.2) is 0 Å². The monoisotopic (exact) mass is 282 g/mol. The highest BCUT2D eigenvalue weighted by molar-refractivity contribution is 6.12. The van der Waals surface area contributed by atoms with E-state index in [-0.39, 0.29) is 31.1 Å². The van der Waals surface area contributed by atoms with Crippen LogP contribution in [0, 0.1) is 0 Å². The third-order valence-electron chi connectivity index (χ3n) is 2.50. The standard InChI is InChI=1S/C7H9NO2.C5H5NO4/c1-2-5-8-6(9)3-4-7(8)10;7-3-10-6-4(8)1-2-5(6)9/h3-4H,2,5H2,1H3;3H,1-2H2. The van der Waals surface area contributed by atoms with Crippen LogP contribution in [0.5, 0.6) is 0 Å². The molecule has 2 aliphatic heterocycles. The van der Waals surface area contributed by atoms with Crippen LogP contribution in [0.3, 0.4) is 0 Å². The van der Waals surface area contributed by atoms with E-state index >= 15 is 0 Å². The number of hydrogen-bond donors (Lipinski definition) is 0. The van der Waals surface area contributed by atoms with Gasteiger partial charge in [-0.2, -0.15) is 0 Å². The molecule has 1 fully saturated rings. The first-order chi connectivity index (χ1) is 9.51. The molecule has 8 nitrogen and oxygen atoms in total. The van der Waals surface area contributed by atoms with Crippen LogP contribution < -0.4 is 0 Å². The molecule has 8 heteroatoms. The zero-order chi connectivity index (χ0) is 15.1. The largest absolute Gasteiger partial charge is 0.334 e. The van der Waals surface area contributed by atoms with Crippen molar-refractivity contribution in [1.29, 1.82) is 0 Å². The van der Waals surface area contributed by atoms with Crippen molar-refractivity contribution in [3.8, 4) is 0 Å². The number of nitrogens with zero attached hydrogens (tertiary/aromatic N) is 2. The van der Waals surface area contributed by atoms with E-state index in [4.69, 9.17) is 0 Å². The number of amides is 4. The van der Waals surface area contributed by atoms with Gasteiger partial charge in [0.05, 0.1) is 0 Å². The van der Waals surface area contributed by atoms with Crippen LogP contribution in [-0.2, 0) is 28.8 Å². The summed E-state index contributed by atoms with van der Waals surface area (Å²) in [6.45, 7) is 2.52. The second kappa shape index (κ2) is 7.17.